The molecule has 2 N–H and O–H groups in total. The molecule has 2 fully saturated rings. The Morgan fingerprint density at radius 2 is 1.55 bits per heavy atom. The van der Waals surface area contributed by atoms with Crippen LogP contribution in [0.25, 0.3) is 0 Å². The number of hydrogen-bond donors (Lipinski definition) is 2. The lowest BCUT2D eigenvalue weighted by Crippen LogP contribution is -2.41. The number of nitrogens with one attached hydrogen (secondary N) is 2. The fraction of sp³-hybridized carbons (Fsp3) is 0.400. The van der Waals surface area contributed by atoms with Crippen molar-refractivity contribution in [3.05, 3.63) is 70.3 Å². The lowest BCUT2D eigenvalue weighted by molar-refractivity contribution is -0.131. The van der Waals surface area contributed by atoms with E-state index in [1.165, 1.54) is 0 Å². The fourth-order valence-corrected chi connectivity index (χ4v) is 3.50. The molecule has 6 nitrogen and oxygen atoms in total. The third kappa shape index (κ3) is 5.51. The zero-order valence-electron chi connectivity index (χ0n) is 18.1. The lowest BCUT2D eigenvalue weighted by atomic mass is 10.1. The molecule has 0 heterocycles. The quantitative estimate of drug-likeness (QED) is 0.690. The van der Waals surface area contributed by atoms with Crippen molar-refractivity contribution in [3.8, 4) is 0 Å². The third-order valence-electron chi connectivity index (χ3n) is 5.96. The van der Waals surface area contributed by atoms with Gasteiger partial charge in [-0.15, -0.1) is 0 Å². The molecule has 0 aliphatic heterocycles. The van der Waals surface area contributed by atoms with Crippen molar-refractivity contribution in [1.29, 1.82) is 0 Å². The standard InChI is InChI=1S/C25H29N3O3/c1-16-3-6-20(13-17(16)2)24(30)26-14-23(29)28(22-11-12-22)15-18-4-7-19(8-5-18)25(31)27-21-9-10-21/h3-8,13,21-22H,9-12,14-15H2,1-2H3,(H,26,30)(H,27,31). The fourth-order valence-electron chi connectivity index (χ4n) is 3.50. The van der Waals surface area contributed by atoms with E-state index in [0.29, 0.717) is 23.7 Å². The van der Waals surface area contributed by atoms with Crippen molar-refractivity contribution in [2.24, 2.45) is 0 Å². The Labute approximate surface area is 183 Å². The second-order valence-electron chi connectivity index (χ2n) is 8.68. The monoisotopic (exact) mass is 419 g/mol. The molecule has 0 aromatic heterocycles. The van der Waals surface area contributed by atoms with Crippen LogP contribution in [0.3, 0.4) is 0 Å². The zero-order valence-corrected chi connectivity index (χ0v) is 18.1. The highest BCUT2D eigenvalue weighted by Gasteiger charge is 2.32. The van der Waals surface area contributed by atoms with Crippen molar-refractivity contribution in [2.75, 3.05) is 6.54 Å². The Balaban J connectivity index is 1.33. The van der Waals surface area contributed by atoms with E-state index in [1.807, 2.05) is 55.1 Å². The summed E-state index contributed by atoms with van der Waals surface area (Å²) in [5.41, 5.74) is 4.36. The number of aryl methyl sites for hydroxylation is 2. The second kappa shape index (κ2) is 8.92. The average molecular weight is 420 g/mol. The Kier molecular flexibility index (Phi) is 6.07. The summed E-state index contributed by atoms with van der Waals surface area (Å²) in [5.74, 6) is -0.369. The molecule has 0 saturated heterocycles. The molecule has 0 bridgehead atoms. The van der Waals surface area contributed by atoms with Crippen LogP contribution in [-0.2, 0) is 11.3 Å². The lowest BCUT2D eigenvalue weighted by Gasteiger charge is -2.23. The number of amides is 3. The van der Waals surface area contributed by atoms with Crippen LogP contribution in [0, 0.1) is 13.8 Å². The molecule has 162 valence electrons. The van der Waals surface area contributed by atoms with E-state index in [1.54, 1.807) is 6.07 Å². The predicted molar refractivity (Wildman–Crippen MR) is 119 cm³/mol. The van der Waals surface area contributed by atoms with Gasteiger partial charge in [0.2, 0.25) is 5.91 Å². The first kappa shape index (κ1) is 21.1. The Morgan fingerprint density at radius 1 is 0.871 bits per heavy atom. The highest BCUT2D eigenvalue weighted by atomic mass is 16.2. The number of carbonyl (C=O) groups excluding carboxylic acids is 3. The molecule has 2 aromatic rings. The minimum absolute atomic E-state index is 0.0237. The van der Waals surface area contributed by atoms with E-state index in [4.69, 9.17) is 0 Å². The highest BCUT2D eigenvalue weighted by Crippen LogP contribution is 2.28. The summed E-state index contributed by atoms with van der Waals surface area (Å²) in [6.07, 6.45) is 4.09. The van der Waals surface area contributed by atoms with Gasteiger partial charge in [-0.3, -0.25) is 14.4 Å². The first-order valence-corrected chi connectivity index (χ1v) is 11.0. The van der Waals surface area contributed by atoms with Crippen LogP contribution in [0.4, 0.5) is 0 Å². The summed E-state index contributed by atoms with van der Waals surface area (Å²) in [5, 5.41) is 5.74. The summed E-state index contributed by atoms with van der Waals surface area (Å²) in [6.45, 7) is 4.42. The number of benzene rings is 2. The highest BCUT2D eigenvalue weighted by molar-refractivity contribution is 5.97. The maximum atomic E-state index is 12.8. The van der Waals surface area contributed by atoms with Crippen LogP contribution >= 0.6 is 0 Å². The molecule has 0 atom stereocenters. The summed E-state index contributed by atoms with van der Waals surface area (Å²) >= 11 is 0. The topological polar surface area (TPSA) is 78.5 Å². The first-order valence-electron chi connectivity index (χ1n) is 11.0. The van der Waals surface area contributed by atoms with E-state index in [-0.39, 0.29) is 30.3 Å². The van der Waals surface area contributed by atoms with Gasteiger partial charge in [0, 0.05) is 29.8 Å². The van der Waals surface area contributed by atoms with Gasteiger partial charge in [0.1, 0.15) is 0 Å². The first-order chi connectivity index (χ1) is 14.9. The summed E-state index contributed by atoms with van der Waals surface area (Å²) in [6, 6.07) is 13.5. The molecule has 2 saturated carbocycles. The Bertz CT molecular complexity index is 992. The van der Waals surface area contributed by atoms with Crippen molar-refractivity contribution < 1.29 is 14.4 Å². The average Bonchev–Trinajstić information content (AvgIpc) is 3.67. The number of rotatable bonds is 8. The van der Waals surface area contributed by atoms with Crippen LogP contribution in [0.1, 0.15) is 63.1 Å². The SMILES string of the molecule is Cc1ccc(C(=O)NCC(=O)N(Cc2ccc(C(=O)NC3CC3)cc2)C2CC2)cc1C. The minimum atomic E-state index is -0.238. The van der Waals surface area contributed by atoms with E-state index >= 15 is 0 Å². The molecule has 0 spiro atoms. The number of carbonyl (C=O) groups is 3. The molecular formula is C25H29N3O3. The van der Waals surface area contributed by atoms with E-state index < -0.39 is 0 Å². The van der Waals surface area contributed by atoms with Crippen LogP contribution in [0.2, 0.25) is 0 Å². The van der Waals surface area contributed by atoms with Gasteiger partial charge < -0.3 is 15.5 Å². The predicted octanol–water partition coefficient (Wildman–Crippen LogP) is 3.12. The van der Waals surface area contributed by atoms with Gasteiger partial charge in [0.25, 0.3) is 11.8 Å². The smallest absolute Gasteiger partial charge is 0.251 e. The van der Waals surface area contributed by atoms with Gasteiger partial charge in [-0.25, -0.2) is 0 Å². The van der Waals surface area contributed by atoms with Crippen molar-refractivity contribution in [3.63, 3.8) is 0 Å². The van der Waals surface area contributed by atoms with Crippen LogP contribution in [0.5, 0.6) is 0 Å². The minimum Gasteiger partial charge on any atom is -0.349 e. The molecule has 0 radical (unpaired) electrons. The van der Waals surface area contributed by atoms with Crippen LogP contribution < -0.4 is 10.6 Å². The maximum absolute atomic E-state index is 12.8. The van der Waals surface area contributed by atoms with Gasteiger partial charge in [0.05, 0.1) is 6.54 Å². The van der Waals surface area contributed by atoms with E-state index in [9.17, 15) is 14.4 Å². The van der Waals surface area contributed by atoms with Gasteiger partial charge in [-0.2, -0.15) is 0 Å². The van der Waals surface area contributed by atoms with Gasteiger partial charge in [-0.1, -0.05) is 18.2 Å². The second-order valence-corrected chi connectivity index (χ2v) is 8.68. The summed E-state index contributed by atoms with van der Waals surface area (Å²) in [4.78, 5) is 39.3. The van der Waals surface area contributed by atoms with Gasteiger partial charge >= 0.3 is 0 Å². The van der Waals surface area contributed by atoms with Gasteiger partial charge in [0.15, 0.2) is 0 Å². The molecule has 4 rings (SSSR count). The summed E-state index contributed by atoms with van der Waals surface area (Å²) in [7, 11) is 0. The van der Waals surface area contributed by atoms with Crippen molar-refractivity contribution in [1.82, 2.24) is 15.5 Å². The molecule has 0 unspecified atom stereocenters. The normalized spacial score (nSPS) is 15.3. The molecule has 3 amide bonds. The molecule has 2 aromatic carbocycles. The van der Waals surface area contributed by atoms with Crippen LogP contribution in [-0.4, -0.2) is 41.2 Å². The third-order valence-corrected chi connectivity index (χ3v) is 5.96. The van der Waals surface area contributed by atoms with Crippen molar-refractivity contribution >= 4 is 17.7 Å². The number of nitrogens with zero attached hydrogens (tertiary/aromatic N) is 1. The zero-order chi connectivity index (χ0) is 22.0. The maximum Gasteiger partial charge on any atom is 0.251 e. The largest absolute Gasteiger partial charge is 0.349 e. The summed E-state index contributed by atoms with van der Waals surface area (Å²) < 4.78 is 0. The van der Waals surface area contributed by atoms with Crippen molar-refractivity contribution in [2.45, 2.75) is 58.2 Å². The molecule has 31 heavy (non-hydrogen) atoms. The number of hydrogen-bond acceptors (Lipinski definition) is 3. The van der Waals surface area contributed by atoms with E-state index in [0.717, 1.165) is 42.4 Å². The van der Waals surface area contributed by atoms with Gasteiger partial charge in [-0.05, 0) is 80.5 Å². The van der Waals surface area contributed by atoms with E-state index in [2.05, 4.69) is 10.6 Å². The molecule has 2 aliphatic rings. The Morgan fingerprint density at radius 3 is 2.16 bits per heavy atom. The molecule has 6 heteroatoms. The molecular weight excluding hydrogens is 390 g/mol. The van der Waals surface area contributed by atoms with Crippen LogP contribution in [0.15, 0.2) is 42.5 Å². The molecule has 2 aliphatic carbocycles. The Hall–Kier alpha value is -3.15.